The van der Waals surface area contributed by atoms with E-state index >= 15 is 0 Å². The molecule has 3 rings (SSSR count). The van der Waals surface area contributed by atoms with Crippen LogP contribution in [0.15, 0.2) is 53.7 Å². The first-order valence-electron chi connectivity index (χ1n) is 10.6. The number of ether oxygens (including phenoxy) is 1. The van der Waals surface area contributed by atoms with Crippen molar-refractivity contribution in [1.82, 2.24) is 15.6 Å². The molecule has 29 heavy (non-hydrogen) atoms. The van der Waals surface area contributed by atoms with Crippen LogP contribution in [-0.4, -0.2) is 49.8 Å². The third-order valence-electron chi connectivity index (χ3n) is 5.02. The summed E-state index contributed by atoms with van der Waals surface area (Å²) in [4.78, 5) is 11.7. The Kier molecular flexibility index (Phi) is 8.31. The second-order valence-corrected chi connectivity index (χ2v) is 7.35. The fourth-order valence-electron chi connectivity index (χ4n) is 3.43. The fourth-order valence-corrected chi connectivity index (χ4v) is 3.43. The van der Waals surface area contributed by atoms with Crippen molar-refractivity contribution in [3.8, 4) is 0 Å². The minimum Gasteiger partial charge on any atom is -0.378 e. The topological polar surface area (TPSA) is 61.8 Å². The Labute approximate surface area is 174 Å². The van der Waals surface area contributed by atoms with E-state index in [0.29, 0.717) is 12.6 Å². The molecule has 2 heterocycles. The summed E-state index contributed by atoms with van der Waals surface area (Å²) in [6.07, 6.45) is 3.96. The van der Waals surface area contributed by atoms with Crippen molar-refractivity contribution in [2.75, 3.05) is 37.7 Å². The number of hydrogen-bond donors (Lipinski definition) is 2. The molecule has 0 aliphatic carbocycles. The maximum absolute atomic E-state index is 5.47. The van der Waals surface area contributed by atoms with Gasteiger partial charge in [-0.15, -0.1) is 0 Å². The molecule has 2 N–H and O–H groups in total. The minimum atomic E-state index is 0.334. The molecule has 1 aliphatic heterocycles. The standard InChI is InChI=1S/C23H33N5O/c1-3-24-23(27-19(2)11-12-20-8-5-4-6-9-20)26-18-21-10-7-13-25-22(21)28-14-16-29-17-15-28/h4-10,13,19H,3,11-12,14-18H2,1-2H3,(H2,24,26,27). The van der Waals surface area contributed by atoms with Crippen molar-refractivity contribution in [3.05, 3.63) is 59.8 Å². The first kappa shape index (κ1) is 21.1. The summed E-state index contributed by atoms with van der Waals surface area (Å²) in [6, 6.07) is 15.0. The van der Waals surface area contributed by atoms with E-state index in [0.717, 1.165) is 63.0 Å². The lowest BCUT2D eigenvalue weighted by Gasteiger charge is -2.29. The number of rotatable bonds is 8. The predicted octanol–water partition coefficient (Wildman–Crippen LogP) is 2.99. The third kappa shape index (κ3) is 6.75. The molecule has 1 atom stereocenters. The number of morpholine rings is 1. The van der Waals surface area contributed by atoms with E-state index in [1.165, 1.54) is 5.56 Å². The zero-order valence-electron chi connectivity index (χ0n) is 17.6. The fraction of sp³-hybridized carbons (Fsp3) is 0.478. The average molecular weight is 396 g/mol. The van der Waals surface area contributed by atoms with Gasteiger partial charge in [-0.25, -0.2) is 9.98 Å². The third-order valence-corrected chi connectivity index (χ3v) is 5.02. The lowest BCUT2D eigenvalue weighted by Crippen LogP contribution is -2.42. The Morgan fingerprint density at radius 3 is 2.72 bits per heavy atom. The Morgan fingerprint density at radius 2 is 1.97 bits per heavy atom. The van der Waals surface area contributed by atoms with Gasteiger partial charge in [-0.05, 0) is 38.3 Å². The largest absolute Gasteiger partial charge is 0.378 e. The number of nitrogens with one attached hydrogen (secondary N) is 2. The number of aromatic nitrogens is 1. The summed E-state index contributed by atoms with van der Waals surface area (Å²) in [5.74, 6) is 1.87. The average Bonchev–Trinajstić information content (AvgIpc) is 2.78. The van der Waals surface area contributed by atoms with Crippen molar-refractivity contribution in [2.24, 2.45) is 4.99 Å². The molecular weight excluding hydrogens is 362 g/mol. The van der Waals surface area contributed by atoms with Gasteiger partial charge in [-0.2, -0.15) is 0 Å². The molecule has 0 spiro atoms. The second-order valence-electron chi connectivity index (χ2n) is 7.35. The van der Waals surface area contributed by atoms with E-state index in [-0.39, 0.29) is 0 Å². The minimum absolute atomic E-state index is 0.334. The number of guanidine groups is 1. The summed E-state index contributed by atoms with van der Waals surface area (Å²) in [7, 11) is 0. The van der Waals surface area contributed by atoms with E-state index in [4.69, 9.17) is 9.73 Å². The van der Waals surface area contributed by atoms with Crippen LogP contribution in [0.2, 0.25) is 0 Å². The SMILES string of the molecule is CCNC(=NCc1cccnc1N1CCOCC1)NC(C)CCc1ccccc1. The Balaban J connectivity index is 1.60. The Hall–Kier alpha value is -2.60. The van der Waals surface area contributed by atoms with Gasteiger partial charge in [0.2, 0.25) is 0 Å². The van der Waals surface area contributed by atoms with Crippen molar-refractivity contribution >= 4 is 11.8 Å². The number of pyridine rings is 1. The van der Waals surface area contributed by atoms with Crippen LogP contribution in [0.1, 0.15) is 31.4 Å². The maximum atomic E-state index is 5.47. The Morgan fingerprint density at radius 1 is 1.17 bits per heavy atom. The van der Waals surface area contributed by atoms with E-state index in [9.17, 15) is 0 Å². The number of nitrogens with zero attached hydrogens (tertiary/aromatic N) is 3. The highest BCUT2D eigenvalue weighted by Gasteiger charge is 2.15. The summed E-state index contributed by atoms with van der Waals surface area (Å²) in [5.41, 5.74) is 2.51. The van der Waals surface area contributed by atoms with Gasteiger partial charge in [-0.1, -0.05) is 36.4 Å². The van der Waals surface area contributed by atoms with E-state index in [1.807, 2.05) is 12.3 Å². The van der Waals surface area contributed by atoms with Gasteiger partial charge >= 0.3 is 0 Å². The molecule has 1 aliphatic rings. The molecule has 0 bridgehead atoms. The highest BCUT2D eigenvalue weighted by molar-refractivity contribution is 5.80. The van der Waals surface area contributed by atoms with Crippen molar-refractivity contribution in [3.63, 3.8) is 0 Å². The van der Waals surface area contributed by atoms with Gasteiger partial charge in [0.05, 0.1) is 19.8 Å². The quantitative estimate of drug-likeness (QED) is 0.531. The first-order chi connectivity index (χ1) is 14.3. The van der Waals surface area contributed by atoms with Gasteiger partial charge in [0, 0.05) is 37.4 Å². The summed E-state index contributed by atoms with van der Waals surface area (Å²) in [6.45, 7) is 8.99. The van der Waals surface area contributed by atoms with E-state index in [2.05, 4.69) is 70.8 Å². The molecule has 1 aromatic carbocycles. The van der Waals surface area contributed by atoms with Crippen LogP contribution in [0.5, 0.6) is 0 Å². The van der Waals surface area contributed by atoms with Gasteiger partial charge in [0.25, 0.3) is 0 Å². The molecule has 2 aromatic rings. The second kappa shape index (κ2) is 11.4. The maximum Gasteiger partial charge on any atom is 0.191 e. The zero-order chi connectivity index (χ0) is 20.3. The summed E-state index contributed by atoms with van der Waals surface area (Å²) in [5, 5.41) is 6.91. The smallest absolute Gasteiger partial charge is 0.191 e. The molecule has 0 amide bonds. The molecule has 0 saturated carbocycles. The summed E-state index contributed by atoms with van der Waals surface area (Å²) >= 11 is 0. The van der Waals surface area contributed by atoms with Crippen molar-refractivity contribution in [2.45, 2.75) is 39.3 Å². The van der Waals surface area contributed by atoms with Gasteiger partial charge in [0.1, 0.15) is 5.82 Å². The molecule has 0 radical (unpaired) electrons. The van der Waals surface area contributed by atoms with Crippen LogP contribution in [0, 0.1) is 0 Å². The number of hydrogen-bond acceptors (Lipinski definition) is 4. The molecular formula is C23H33N5O. The summed E-state index contributed by atoms with van der Waals surface area (Å²) < 4.78 is 5.47. The molecule has 1 unspecified atom stereocenters. The van der Waals surface area contributed by atoms with Gasteiger partial charge in [-0.3, -0.25) is 0 Å². The van der Waals surface area contributed by atoms with Crippen LogP contribution in [-0.2, 0) is 17.7 Å². The van der Waals surface area contributed by atoms with Gasteiger partial charge < -0.3 is 20.3 Å². The molecule has 1 saturated heterocycles. The van der Waals surface area contributed by atoms with Crippen LogP contribution in [0.3, 0.4) is 0 Å². The Bertz CT molecular complexity index is 759. The number of aliphatic imine (C=N–C) groups is 1. The first-order valence-corrected chi connectivity index (χ1v) is 10.6. The molecule has 6 heteroatoms. The van der Waals surface area contributed by atoms with Crippen molar-refractivity contribution in [1.29, 1.82) is 0 Å². The molecule has 6 nitrogen and oxygen atoms in total. The van der Waals surface area contributed by atoms with E-state index in [1.54, 1.807) is 0 Å². The lowest BCUT2D eigenvalue weighted by atomic mass is 10.1. The monoisotopic (exact) mass is 395 g/mol. The van der Waals surface area contributed by atoms with Crippen LogP contribution in [0.4, 0.5) is 5.82 Å². The van der Waals surface area contributed by atoms with Crippen molar-refractivity contribution < 1.29 is 4.74 Å². The van der Waals surface area contributed by atoms with Crippen LogP contribution in [0.25, 0.3) is 0 Å². The highest BCUT2D eigenvalue weighted by atomic mass is 16.5. The lowest BCUT2D eigenvalue weighted by molar-refractivity contribution is 0.122. The number of benzene rings is 1. The molecule has 156 valence electrons. The van der Waals surface area contributed by atoms with Gasteiger partial charge in [0.15, 0.2) is 5.96 Å². The normalized spacial score (nSPS) is 15.8. The highest BCUT2D eigenvalue weighted by Crippen LogP contribution is 2.19. The zero-order valence-corrected chi connectivity index (χ0v) is 17.6. The number of anilines is 1. The van der Waals surface area contributed by atoms with E-state index < -0.39 is 0 Å². The predicted molar refractivity (Wildman–Crippen MR) is 119 cm³/mol. The molecule has 1 fully saturated rings. The van der Waals surface area contributed by atoms with Crippen LogP contribution < -0.4 is 15.5 Å². The molecule has 1 aromatic heterocycles. The number of aryl methyl sites for hydroxylation is 1. The van der Waals surface area contributed by atoms with Crippen LogP contribution >= 0.6 is 0 Å².